The smallest absolute Gasteiger partial charge is 0.320 e. The molecule has 2 amide bonds. The molecule has 1 N–H and O–H groups in total. The van der Waals surface area contributed by atoms with Gasteiger partial charge in [0.15, 0.2) is 0 Å². The van der Waals surface area contributed by atoms with E-state index in [1.54, 1.807) is 4.90 Å². The lowest BCUT2D eigenvalue weighted by Gasteiger charge is -2.35. The van der Waals surface area contributed by atoms with Crippen LogP contribution in [0.5, 0.6) is 0 Å². The molecule has 0 bridgehead atoms. The number of carbonyl (C=O) groups excluding carboxylic acids is 2. The number of anilines is 1. The monoisotopic (exact) mass is 308 g/mol. The van der Waals surface area contributed by atoms with E-state index in [-0.39, 0.29) is 17.9 Å². The number of nitrogens with one attached hydrogen (secondary N) is 1. The number of piperidine rings is 1. The van der Waals surface area contributed by atoms with Crippen LogP contribution in [-0.4, -0.2) is 29.3 Å². The molecule has 0 spiro atoms. The van der Waals surface area contributed by atoms with Gasteiger partial charge in [-0.15, -0.1) is 0 Å². The van der Waals surface area contributed by atoms with E-state index >= 15 is 0 Å². The van der Waals surface area contributed by atoms with Crippen molar-refractivity contribution in [2.75, 3.05) is 11.9 Å². The van der Waals surface area contributed by atoms with E-state index in [0.29, 0.717) is 25.8 Å². The van der Waals surface area contributed by atoms with Gasteiger partial charge in [-0.05, 0) is 24.1 Å². The number of para-hydroxylation sites is 1. The second-order valence-electron chi connectivity index (χ2n) is 5.83. The Balaban J connectivity index is 1.72. The number of rotatable bonds is 3. The van der Waals surface area contributed by atoms with Crippen LogP contribution in [0.3, 0.4) is 0 Å². The first-order valence-corrected chi connectivity index (χ1v) is 7.90. The third kappa shape index (κ3) is 3.97. The number of hydrogen-bond donors (Lipinski definition) is 1. The maximum absolute atomic E-state index is 12.6. The lowest BCUT2D eigenvalue weighted by Crippen LogP contribution is -2.49. The lowest BCUT2D eigenvalue weighted by atomic mass is 9.95. The van der Waals surface area contributed by atoms with E-state index in [2.05, 4.69) is 5.32 Å². The van der Waals surface area contributed by atoms with Gasteiger partial charge in [0.2, 0.25) is 0 Å². The third-order valence-corrected chi connectivity index (χ3v) is 4.14. The van der Waals surface area contributed by atoms with Gasteiger partial charge in [0.05, 0.1) is 0 Å². The summed E-state index contributed by atoms with van der Waals surface area (Å²) in [6, 6.07) is 19.2. The zero-order chi connectivity index (χ0) is 16.1. The summed E-state index contributed by atoms with van der Waals surface area (Å²) in [5.41, 5.74) is 1.91. The molecule has 0 saturated carbocycles. The number of likely N-dealkylation sites (tertiary alicyclic amines) is 1. The van der Waals surface area contributed by atoms with Crippen molar-refractivity contribution < 1.29 is 9.59 Å². The van der Waals surface area contributed by atoms with Crippen molar-refractivity contribution in [3.8, 4) is 0 Å². The average Bonchev–Trinajstić information content (AvgIpc) is 2.57. The van der Waals surface area contributed by atoms with Crippen LogP contribution in [0.4, 0.5) is 10.5 Å². The Kier molecular flexibility index (Phi) is 4.71. The molecular formula is C19H20N2O2. The fourth-order valence-electron chi connectivity index (χ4n) is 2.96. The fraction of sp³-hybridized carbons (Fsp3) is 0.263. The van der Waals surface area contributed by atoms with Crippen LogP contribution >= 0.6 is 0 Å². The van der Waals surface area contributed by atoms with E-state index in [0.717, 1.165) is 11.3 Å². The molecule has 1 aliphatic rings. The minimum absolute atomic E-state index is 0.0811. The Morgan fingerprint density at radius 3 is 2.39 bits per heavy atom. The van der Waals surface area contributed by atoms with E-state index in [1.807, 2.05) is 60.7 Å². The summed E-state index contributed by atoms with van der Waals surface area (Å²) < 4.78 is 0. The Labute approximate surface area is 136 Å². The largest absolute Gasteiger partial charge is 0.322 e. The zero-order valence-corrected chi connectivity index (χ0v) is 12.9. The predicted molar refractivity (Wildman–Crippen MR) is 90.3 cm³/mol. The number of urea groups is 1. The number of hydrogen-bond acceptors (Lipinski definition) is 2. The molecule has 2 aromatic carbocycles. The molecule has 1 heterocycles. The van der Waals surface area contributed by atoms with Crippen molar-refractivity contribution in [2.24, 2.45) is 0 Å². The minimum Gasteiger partial charge on any atom is -0.320 e. The van der Waals surface area contributed by atoms with Crippen LogP contribution in [0.25, 0.3) is 0 Å². The third-order valence-electron chi connectivity index (χ3n) is 4.14. The molecule has 2 aromatic rings. The maximum atomic E-state index is 12.6. The molecule has 0 aromatic heterocycles. The number of benzene rings is 2. The van der Waals surface area contributed by atoms with E-state index in [4.69, 9.17) is 0 Å². The lowest BCUT2D eigenvalue weighted by molar-refractivity contribution is -0.122. The summed E-state index contributed by atoms with van der Waals surface area (Å²) in [5.74, 6) is 0.231. The minimum atomic E-state index is -0.135. The van der Waals surface area contributed by atoms with Crippen molar-refractivity contribution in [1.29, 1.82) is 0 Å². The SMILES string of the molecule is O=C1CCN(C(=O)Nc2ccccc2)C(Cc2ccccc2)C1. The number of amides is 2. The summed E-state index contributed by atoms with van der Waals surface area (Å²) in [6.45, 7) is 0.481. The zero-order valence-electron chi connectivity index (χ0n) is 12.9. The van der Waals surface area contributed by atoms with E-state index in [1.165, 1.54) is 0 Å². The maximum Gasteiger partial charge on any atom is 0.322 e. The van der Waals surface area contributed by atoms with Crippen LogP contribution in [0, 0.1) is 0 Å². The number of ketones is 1. The van der Waals surface area contributed by atoms with Crippen LogP contribution < -0.4 is 5.32 Å². The molecule has 0 radical (unpaired) electrons. The van der Waals surface area contributed by atoms with Crippen molar-refractivity contribution >= 4 is 17.5 Å². The summed E-state index contributed by atoms with van der Waals surface area (Å²) in [5, 5.41) is 2.92. The van der Waals surface area contributed by atoms with Crippen LogP contribution in [0.15, 0.2) is 60.7 Å². The summed E-state index contributed by atoms with van der Waals surface area (Å²) in [6.07, 6.45) is 1.57. The molecular weight excluding hydrogens is 288 g/mol. The topological polar surface area (TPSA) is 49.4 Å². The molecule has 0 aliphatic carbocycles. The van der Waals surface area contributed by atoms with Gasteiger partial charge in [0.1, 0.15) is 5.78 Å². The van der Waals surface area contributed by atoms with E-state index < -0.39 is 0 Å². The summed E-state index contributed by atoms with van der Waals surface area (Å²) in [7, 11) is 0. The van der Waals surface area contributed by atoms with Gasteiger partial charge in [-0.3, -0.25) is 4.79 Å². The average molecular weight is 308 g/mol. The molecule has 1 unspecified atom stereocenters. The Bertz CT molecular complexity index is 670. The fourth-order valence-corrected chi connectivity index (χ4v) is 2.96. The Hall–Kier alpha value is -2.62. The normalized spacial score (nSPS) is 17.8. The van der Waals surface area contributed by atoms with Crippen molar-refractivity contribution in [3.05, 3.63) is 66.2 Å². The first-order valence-electron chi connectivity index (χ1n) is 7.90. The standard InChI is InChI=1S/C19H20N2O2/c22-18-11-12-21(19(23)20-16-9-5-2-6-10-16)17(14-18)13-15-7-3-1-4-8-15/h1-10,17H,11-14H2,(H,20,23). The highest BCUT2D eigenvalue weighted by atomic mass is 16.2. The quantitative estimate of drug-likeness (QED) is 0.943. The molecule has 3 rings (SSSR count). The molecule has 4 heteroatoms. The highest BCUT2D eigenvalue weighted by Crippen LogP contribution is 2.20. The van der Waals surface area contributed by atoms with Gasteiger partial charge < -0.3 is 10.2 Å². The van der Waals surface area contributed by atoms with Crippen LogP contribution in [-0.2, 0) is 11.2 Å². The van der Waals surface area contributed by atoms with Gasteiger partial charge in [-0.25, -0.2) is 4.79 Å². The van der Waals surface area contributed by atoms with Gasteiger partial charge >= 0.3 is 6.03 Å². The highest BCUT2D eigenvalue weighted by molar-refractivity contribution is 5.91. The molecule has 118 valence electrons. The van der Waals surface area contributed by atoms with Gasteiger partial charge in [0.25, 0.3) is 0 Å². The van der Waals surface area contributed by atoms with Gasteiger partial charge in [0, 0.05) is 31.1 Å². The highest BCUT2D eigenvalue weighted by Gasteiger charge is 2.30. The van der Waals surface area contributed by atoms with Crippen molar-refractivity contribution in [3.63, 3.8) is 0 Å². The number of Topliss-reactive ketones (excluding diaryl/α,β-unsaturated/α-hetero) is 1. The first-order chi connectivity index (χ1) is 11.2. The second kappa shape index (κ2) is 7.09. The van der Waals surface area contributed by atoms with Crippen molar-refractivity contribution in [2.45, 2.75) is 25.3 Å². The predicted octanol–water partition coefficient (Wildman–Crippen LogP) is 3.49. The Morgan fingerprint density at radius 2 is 1.70 bits per heavy atom. The van der Waals surface area contributed by atoms with Crippen molar-refractivity contribution in [1.82, 2.24) is 4.90 Å². The van der Waals surface area contributed by atoms with Gasteiger partial charge in [-0.2, -0.15) is 0 Å². The number of nitrogens with zero attached hydrogens (tertiary/aromatic N) is 1. The van der Waals surface area contributed by atoms with Crippen LogP contribution in [0.2, 0.25) is 0 Å². The van der Waals surface area contributed by atoms with E-state index in [9.17, 15) is 9.59 Å². The summed E-state index contributed by atoms with van der Waals surface area (Å²) >= 11 is 0. The molecule has 4 nitrogen and oxygen atoms in total. The molecule has 1 saturated heterocycles. The number of carbonyl (C=O) groups is 2. The molecule has 1 atom stereocenters. The molecule has 23 heavy (non-hydrogen) atoms. The molecule has 1 fully saturated rings. The second-order valence-corrected chi connectivity index (χ2v) is 5.83. The van der Waals surface area contributed by atoms with Gasteiger partial charge in [-0.1, -0.05) is 48.5 Å². The molecule has 1 aliphatic heterocycles. The Morgan fingerprint density at radius 1 is 1.04 bits per heavy atom. The summed E-state index contributed by atoms with van der Waals surface area (Å²) in [4.78, 5) is 26.2. The first kappa shape index (κ1) is 15.3. The van der Waals surface area contributed by atoms with Crippen LogP contribution in [0.1, 0.15) is 18.4 Å².